The van der Waals surface area contributed by atoms with Gasteiger partial charge in [-0.05, 0) is 38.8 Å². The summed E-state index contributed by atoms with van der Waals surface area (Å²) >= 11 is 5.91. The molecule has 0 bridgehead atoms. The van der Waals surface area contributed by atoms with Crippen molar-refractivity contribution in [3.05, 3.63) is 5.28 Å². The summed E-state index contributed by atoms with van der Waals surface area (Å²) in [6.45, 7) is 9.96. The Balaban J connectivity index is 3.01. The molecule has 1 rings (SSSR count). The molecule has 1 heterocycles. The minimum atomic E-state index is 0.229. The summed E-state index contributed by atoms with van der Waals surface area (Å²) in [6.07, 6.45) is 1.04. The zero-order valence-corrected chi connectivity index (χ0v) is 11.6. The summed E-state index contributed by atoms with van der Waals surface area (Å²) in [5, 5.41) is 3.28. The van der Waals surface area contributed by atoms with E-state index in [1.807, 2.05) is 6.92 Å². The van der Waals surface area contributed by atoms with Crippen LogP contribution in [0, 0.1) is 0 Å². The van der Waals surface area contributed by atoms with Crippen molar-refractivity contribution >= 4 is 23.5 Å². The molecule has 1 atom stereocenters. The Morgan fingerprint density at radius 2 is 1.94 bits per heavy atom. The second-order valence-electron chi connectivity index (χ2n) is 3.80. The van der Waals surface area contributed by atoms with Gasteiger partial charge in [-0.1, -0.05) is 6.92 Å². The molecule has 6 heteroatoms. The SMILES string of the molecule is CCNc1nc(Cl)nc(N(CC)C(C)CC)n1. The van der Waals surface area contributed by atoms with E-state index in [4.69, 9.17) is 11.6 Å². The van der Waals surface area contributed by atoms with Gasteiger partial charge >= 0.3 is 0 Å². The molecule has 0 radical (unpaired) electrons. The van der Waals surface area contributed by atoms with Gasteiger partial charge in [0.1, 0.15) is 0 Å². The van der Waals surface area contributed by atoms with Crippen molar-refractivity contribution in [3.63, 3.8) is 0 Å². The molecule has 1 N–H and O–H groups in total. The highest BCUT2D eigenvalue weighted by molar-refractivity contribution is 6.28. The predicted molar refractivity (Wildman–Crippen MR) is 71.8 cm³/mol. The van der Waals surface area contributed by atoms with Crippen LogP contribution in [-0.4, -0.2) is 34.1 Å². The second kappa shape index (κ2) is 6.59. The Morgan fingerprint density at radius 3 is 2.47 bits per heavy atom. The maximum absolute atomic E-state index is 5.91. The van der Waals surface area contributed by atoms with Crippen molar-refractivity contribution in [1.82, 2.24) is 15.0 Å². The lowest BCUT2D eigenvalue weighted by Gasteiger charge is -2.27. The van der Waals surface area contributed by atoms with E-state index in [1.54, 1.807) is 0 Å². The molecule has 5 nitrogen and oxygen atoms in total. The zero-order chi connectivity index (χ0) is 12.8. The van der Waals surface area contributed by atoms with Crippen LogP contribution in [0.4, 0.5) is 11.9 Å². The van der Waals surface area contributed by atoms with Gasteiger partial charge in [0.05, 0.1) is 0 Å². The van der Waals surface area contributed by atoms with E-state index < -0.39 is 0 Å². The Morgan fingerprint density at radius 1 is 1.24 bits per heavy atom. The number of halogens is 1. The van der Waals surface area contributed by atoms with Crippen molar-refractivity contribution in [3.8, 4) is 0 Å². The number of aromatic nitrogens is 3. The van der Waals surface area contributed by atoms with Crippen LogP contribution in [0.5, 0.6) is 0 Å². The van der Waals surface area contributed by atoms with E-state index in [-0.39, 0.29) is 5.28 Å². The molecule has 0 saturated heterocycles. The van der Waals surface area contributed by atoms with Gasteiger partial charge in [-0.25, -0.2) is 0 Å². The lowest BCUT2D eigenvalue weighted by molar-refractivity contribution is 0.613. The Kier molecular flexibility index (Phi) is 5.41. The fraction of sp³-hybridized carbons (Fsp3) is 0.727. The molecule has 0 aliphatic rings. The van der Waals surface area contributed by atoms with Crippen LogP contribution in [0.25, 0.3) is 0 Å². The summed E-state index contributed by atoms with van der Waals surface area (Å²) < 4.78 is 0. The number of nitrogens with one attached hydrogen (secondary N) is 1. The van der Waals surface area contributed by atoms with Crippen LogP contribution in [0.15, 0.2) is 0 Å². The highest BCUT2D eigenvalue weighted by atomic mass is 35.5. The second-order valence-corrected chi connectivity index (χ2v) is 4.14. The molecule has 1 unspecified atom stereocenters. The summed E-state index contributed by atoms with van der Waals surface area (Å²) in [5.74, 6) is 1.17. The minimum absolute atomic E-state index is 0.229. The number of hydrogen-bond donors (Lipinski definition) is 1. The maximum atomic E-state index is 5.91. The third kappa shape index (κ3) is 3.70. The lowest BCUT2D eigenvalue weighted by atomic mass is 10.2. The van der Waals surface area contributed by atoms with E-state index in [9.17, 15) is 0 Å². The van der Waals surface area contributed by atoms with Crippen LogP contribution in [0.2, 0.25) is 5.28 Å². The quantitative estimate of drug-likeness (QED) is 0.849. The number of hydrogen-bond acceptors (Lipinski definition) is 5. The monoisotopic (exact) mass is 257 g/mol. The van der Waals surface area contributed by atoms with E-state index in [2.05, 4.69) is 45.9 Å². The molecule has 0 amide bonds. The first kappa shape index (κ1) is 14.0. The molecule has 1 aromatic heterocycles. The third-order valence-electron chi connectivity index (χ3n) is 2.65. The molecule has 0 spiro atoms. The Hall–Kier alpha value is -1.10. The van der Waals surface area contributed by atoms with Crippen molar-refractivity contribution in [2.24, 2.45) is 0 Å². The van der Waals surface area contributed by atoms with Gasteiger partial charge < -0.3 is 10.2 Å². The highest BCUT2D eigenvalue weighted by Gasteiger charge is 2.15. The van der Waals surface area contributed by atoms with Crippen molar-refractivity contribution in [2.75, 3.05) is 23.3 Å². The molecular formula is C11H20ClN5. The van der Waals surface area contributed by atoms with Gasteiger partial charge in [-0.3, -0.25) is 0 Å². The summed E-state index contributed by atoms with van der Waals surface area (Å²) in [4.78, 5) is 14.7. The van der Waals surface area contributed by atoms with Crippen molar-refractivity contribution < 1.29 is 0 Å². The first-order valence-electron chi connectivity index (χ1n) is 6.04. The van der Waals surface area contributed by atoms with E-state index in [0.29, 0.717) is 17.9 Å². The molecule has 17 heavy (non-hydrogen) atoms. The Bertz CT molecular complexity index is 358. The van der Waals surface area contributed by atoms with Crippen LogP contribution >= 0.6 is 11.6 Å². The number of rotatable bonds is 6. The highest BCUT2D eigenvalue weighted by Crippen LogP contribution is 2.17. The average molecular weight is 258 g/mol. The zero-order valence-electron chi connectivity index (χ0n) is 10.9. The Labute approximate surface area is 108 Å². The van der Waals surface area contributed by atoms with Gasteiger partial charge in [-0.2, -0.15) is 15.0 Å². The fourth-order valence-corrected chi connectivity index (χ4v) is 1.73. The molecule has 0 aliphatic carbocycles. The van der Waals surface area contributed by atoms with E-state index >= 15 is 0 Å². The molecule has 0 aromatic carbocycles. The molecule has 0 fully saturated rings. The van der Waals surface area contributed by atoms with E-state index in [0.717, 1.165) is 19.5 Å². The van der Waals surface area contributed by atoms with Gasteiger partial charge in [0.2, 0.25) is 17.2 Å². The van der Waals surface area contributed by atoms with Gasteiger partial charge in [0.15, 0.2) is 0 Å². The summed E-state index contributed by atoms with van der Waals surface area (Å²) in [7, 11) is 0. The third-order valence-corrected chi connectivity index (χ3v) is 2.82. The van der Waals surface area contributed by atoms with Gasteiger partial charge in [-0.15, -0.1) is 0 Å². The number of anilines is 2. The van der Waals surface area contributed by atoms with Crippen LogP contribution in [0.1, 0.15) is 34.1 Å². The van der Waals surface area contributed by atoms with Crippen molar-refractivity contribution in [2.45, 2.75) is 40.2 Å². The summed E-state index contributed by atoms with van der Waals surface area (Å²) in [6, 6.07) is 0.382. The van der Waals surface area contributed by atoms with Gasteiger partial charge in [0, 0.05) is 19.1 Å². The smallest absolute Gasteiger partial charge is 0.231 e. The molecular weight excluding hydrogens is 238 g/mol. The van der Waals surface area contributed by atoms with Crippen LogP contribution < -0.4 is 10.2 Å². The molecule has 1 aromatic rings. The van der Waals surface area contributed by atoms with Crippen molar-refractivity contribution in [1.29, 1.82) is 0 Å². The molecule has 0 aliphatic heterocycles. The van der Waals surface area contributed by atoms with Gasteiger partial charge in [0.25, 0.3) is 0 Å². The first-order valence-corrected chi connectivity index (χ1v) is 6.42. The van der Waals surface area contributed by atoms with Crippen LogP contribution in [0.3, 0.4) is 0 Å². The normalized spacial score (nSPS) is 12.3. The maximum Gasteiger partial charge on any atom is 0.231 e. The fourth-order valence-electron chi connectivity index (χ4n) is 1.58. The summed E-state index contributed by atoms with van der Waals surface area (Å²) in [5.41, 5.74) is 0. The molecule has 0 saturated carbocycles. The van der Waals surface area contributed by atoms with Crippen LogP contribution in [-0.2, 0) is 0 Å². The lowest BCUT2D eigenvalue weighted by Crippen LogP contribution is -2.34. The minimum Gasteiger partial charge on any atom is -0.354 e. The largest absolute Gasteiger partial charge is 0.354 e. The first-order chi connectivity index (χ1) is 8.12. The van der Waals surface area contributed by atoms with E-state index in [1.165, 1.54) is 0 Å². The standard InChI is InChI=1S/C11H20ClN5/c1-5-8(4)17(7-3)11-15-9(12)14-10(16-11)13-6-2/h8H,5-7H2,1-4H3,(H,13,14,15,16). The topological polar surface area (TPSA) is 53.9 Å². The molecule has 96 valence electrons. The average Bonchev–Trinajstić information content (AvgIpc) is 2.29. The predicted octanol–water partition coefficient (Wildman–Crippen LogP) is 2.58. The number of nitrogens with zero attached hydrogens (tertiary/aromatic N) is 4.